The van der Waals surface area contributed by atoms with Gasteiger partial charge in [-0.15, -0.1) is 11.3 Å². The van der Waals surface area contributed by atoms with Crippen molar-refractivity contribution in [3.63, 3.8) is 0 Å². The molecule has 1 fully saturated rings. The molecule has 0 aliphatic carbocycles. The molecule has 0 spiro atoms. The summed E-state index contributed by atoms with van der Waals surface area (Å²) < 4.78 is 28.2. The molecule has 0 bridgehead atoms. The van der Waals surface area contributed by atoms with Gasteiger partial charge in [-0.05, 0) is 48.4 Å². The Morgan fingerprint density at radius 1 is 0.914 bits per heavy atom. The van der Waals surface area contributed by atoms with Crippen LogP contribution in [0.2, 0.25) is 5.02 Å². The molecule has 1 aliphatic rings. The molecule has 0 atom stereocenters. The van der Waals surface area contributed by atoms with E-state index in [4.69, 9.17) is 11.6 Å². The molecule has 7 nitrogen and oxygen atoms in total. The Morgan fingerprint density at radius 3 is 2.40 bits per heavy atom. The highest BCUT2D eigenvalue weighted by molar-refractivity contribution is 7.91. The monoisotopic (exact) mass is 531 g/mol. The van der Waals surface area contributed by atoms with Crippen LogP contribution in [0.3, 0.4) is 0 Å². The molecule has 184 valence electrons. The molecule has 2 heterocycles. The van der Waals surface area contributed by atoms with Crippen LogP contribution in [0.1, 0.15) is 27.2 Å². The van der Waals surface area contributed by atoms with Crippen LogP contribution < -0.4 is 5.32 Å². The number of hydrogen-bond acceptors (Lipinski definition) is 5. The van der Waals surface area contributed by atoms with Crippen molar-refractivity contribution in [3.05, 3.63) is 87.8 Å². The van der Waals surface area contributed by atoms with Gasteiger partial charge in [-0.1, -0.05) is 41.9 Å². The number of hydrogen-bond donors (Lipinski definition) is 1. The van der Waals surface area contributed by atoms with E-state index in [0.717, 1.165) is 21.8 Å². The fourth-order valence-electron chi connectivity index (χ4n) is 3.86. The maximum Gasteiger partial charge on any atom is 0.252 e. The summed E-state index contributed by atoms with van der Waals surface area (Å²) >= 11 is 7.00. The second kappa shape index (κ2) is 11.3. The van der Waals surface area contributed by atoms with Gasteiger partial charge in [-0.25, -0.2) is 8.42 Å². The first-order valence-corrected chi connectivity index (χ1v) is 13.9. The molecule has 1 N–H and O–H groups in total. The van der Waals surface area contributed by atoms with Gasteiger partial charge in [0.1, 0.15) is 4.21 Å². The van der Waals surface area contributed by atoms with Crippen molar-refractivity contribution in [3.8, 4) is 0 Å². The number of carbonyl (C=O) groups is 2. The maximum atomic E-state index is 13.2. The lowest BCUT2D eigenvalue weighted by Gasteiger charge is -2.21. The molecule has 2 aromatic carbocycles. The smallest absolute Gasteiger partial charge is 0.252 e. The van der Waals surface area contributed by atoms with Crippen LogP contribution in [0, 0.1) is 0 Å². The molecule has 3 aromatic rings. The van der Waals surface area contributed by atoms with Gasteiger partial charge in [-0.3, -0.25) is 9.59 Å². The highest BCUT2D eigenvalue weighted by Crippen LogP contribution is 2.26. The summed E-state index contributed by atoms with van der Waals surface area (Å²) in [6, 6.07) is 19.4. The zero-order chi connectivity index (χ0) is 24.8. The van der Waals surface area contributed by atoms with Crippen LogP contribution in [0.5, 0.6) is 0 Å². The molecule has 1 saturated heterocycles. The number of thiophene rings is 1. The quantitative estimate of drug-likeness (QED) is 0.502. The number of sulfonamides is 1. The Bertz CT molecular complexity index is 1280. The summed E-state index contributed by atoms with van der Waals surface area (Å²) in [6.45, 7) is 1.73. The molecule has 35 heavy (non-hydrogen) atoms. The van der Waals surface area contributed by atoms with Gasteiger partial charge in [0.05, 0.1) is 13.0 Å². The van der Waals surface area contributed by atoms with Crippen molar-refractivity contribution in [2.45, 2.75) is 23.6 Å². The lowest BCUT2D eigenvalue weighted by Crippen LogP contribution is -2.37. The molecule has 0 radical (unpaired) electrons. The van der Waals surface area contributed by atoms with Crippen LogP contribution in [-0.4, -0.2) is 55.6 Å². The molecule has 0 saturated carbocycles. The first-order valence-electron chi connectivity index (χ1n) is 11.3. The molecule has 1 aromatic heterocycles. The van der Waals surface area contributed by atoms with Crippen molar-refractivity contribution in [2.75, 3.05) is 26.2 Å². The minimum absolute atomic E-state index is 0.00490. The molecular weight excluding hydrogens is 506 g/mol. The van der Waals surface area contributed by atoms with E-state index in [0.29, 0.717) is 43.1 Å². The second-order valence-corrected chi connectivity index (χ2v) is 12.0. The Balaban J connectivity index is 1.34. The van der Waals surface area contributed by atoms with Gasteiger partial charge in [0.15, 0.2) is 0 Å². The number of nitrogens with zero attached hydrogens (tertiary/aromatic N) is 2. The lowest BCUT2D eigenvalue weighted by atomic mass is 10.1. The molecule has 10 heteroatoms. The predicted octanol–water partition coefficient (Wildman–Crippen LogP) is 3.80. The van der Waals surface area contributed by atoms with Crippen molar-refractivity contribution < 1.29 is 18.0 Å². The summed E-state index contributed by atoms with van der Waals surface area (Å²) in [5, 5.41) is 3.35. The second-order valence-electron chi connectivity index (χ2n) is 8.21. The Kier molecular flexibility index (Phi) is 8.22. The van der Waals surface area contributed by atoms with Crippen LogP contribution in [0.15, 0.2) is 70.9 Å². The average molecular weight is 532 g/mol. The molecule has 1 aliphatic heterocycles. The van der Waals surface area contributed by atoms with Gasteiger partial charge in [-0.2, -0.15) is 4.31 Å². The third-order valence-corrected chi connectivity index (χ3v) is 9.47. The summed E-state index contributed by atoms with van der Waals surface area (Å²) in [5.74, 6) is -0.252. The fraction of sp³-hybridized carbons (Fsp3) is 0.280. The van der Waals surface area contributed by atoms with Crippen molar-refractivity contribution >= 4 is 44.8 Å². The van der Waals surface area contributed by atoms with E-state index < -0.39 is 10.0 Å². The number of nitrogens with one attached hydrogen (secondary N) is 1. The predicted molar refractivity (Wildman–Crippen MR) is 137 cm³/mol. The van der Waals surface area contributed by atoms with Crippen LogP contribution >= 0.6 is 22.9 Å². The van der Waals surface area contributed by atoms with Gasteiger partial charge in [0.25, 0.3) is 15.9 Å². The zero-order valence-electron chi connectivity index (χ0n) is 19.0. The number of amides is 2. The SMILES string of the molecule is O=C(NCc1ccc(S(=O)(=O)N2CCCN(C(=O)Cc3ccccc3)CC2)s1)c1ccc(Cl)cc1. The third-order valence-electron chi connectivity index (χ3n) is 5.77. The first kappa shape index (κ1) is 25.4. The van der Waals surface area contributed by atoms with E-state index >= 15 is 0 Å². The number of benzene rings is 2. The molecule has 2 amide bonds. The Morgan fingerprint density at radius 2 is 1.66 bits per heavy atom. The van der Waals surface area contributed by atoms with Gasteiger partial charge < -0.3 is 10.2 Å². The van der Waals surface area contributed by atoms with Crippen LogP contribution in [0.4, 0.5) is 0 Å². The summed E-state index contributed by atoms with van der Waals surface area (Å²) in [6.07, 6.45) is 0.888. The van der Waals surface area contributed by atoms with Gasteiger partial charge >= 0.3 is 0 Å². The molecule has 0 unspecified atom stereocenters. The van der Waals surface area contributed by atoms with Crippen LogP contribution in [-0.2, 0) is 27.8 Å². The largest absolute Gasteiger partial charge is 0.347 e. The van der Waals surface area contributed by atoms with Crippen LogP contribution in [0.25, 0.3) is 0 Å². The average Bonchev–Trinajstić information content (AvgIpc) is 3.20. The highest BCUT2D eigenvalue weighted by Gasteiger charge is 2.29. The van der Waals surface area contributed by atoms with Gasteiger partial charge in [0, 0.05) is 41.6 Å². The first-order chi connectivity index (χ1) is 16.8. The Hall–Kier alpha value is -2.72. The molecule has 4 rings (SSSR count). The van der Waals surface area contributed by atoms with Gasteiger partial charge in [0.2, 0.25) is 5.91 Å². The van der Waals surface area contributed by atoms with Crippen molar-refractivity contribution in [2.24, 2.45) is 0 Å². The zero-order valence-corrected chi connectivity index (χ0v) is 21.4. The standard InChI is InChI=1S/C25H26ClN3O4S2/c26-21-9-7-20(8-10-21)25(31)27-18-22-11-12-24(34-22)35(32,33)29-14-4-13-28(15-16-29)23(30)17-19-5-2-1-3-6-19/h1-3,5-12H,4,13-18H2,(H,27,31). The van der Waals surface area contributed by atoms with E-state index in [9.17, 15) is 18.0 Å². The lowest BCUT2D eigenvalue weighted by molar-refractivity contribution is -0.130. The number of carbonyl (C=O) groups excluding carboxylic acids is 2. The van der Waals surface area contributed by atoms with Crippen molar-refractivity contribution in [1.82, 2.24) is 14.5 Å². The summed E-state index contributed by atoms with van der Waals surface area (Å²) in [7, 11) is -3.68. The maximum absolute atomic E-state index is 13.2. The molecular formula is C25H26ClN3O4S2. The van der Waals surface area contributed by atoms with E-state index in [1.807, 2.05) is 30.3 Å². The van der Waals surface area contributed by atoms with E-state index in [1.54, 1.807) is 41.3 Å². The fourth-order valence-corrected chi connectivity index (χ4v) is 6.90. The number of rotatable bonds is 7. The topological polar surface area (TPSA) is 86.8 Å². The minimum atomic E-state index is -3.68. The van der Waals surface area contributed by atoms with E-state index in [1.165, 1.54) is 4.31 Å². The summed E-state index contributed by atoms with van der Waals surface area (Å²) in [4.78, 5) is 27.5. The van der Waals surface area contributed by atoms with Crippen molar-refractivity contribution in [1.29, 1.82) is 0 Å². The van der Waals surface area contributed by atoms with E-state index in [-0.39, 0.29) is 29.1 Å². The van der Waals surface area contributed by atoms with E-state index in [2.05, 4.69) is 5.32 Å². The minimum Gasteiger partial charge on any atom is -0.347 e. The third kappa shape index (κ3) is 6.49. The summed E-state index contributed by atoms with van der Waals surface area (Å²) in [5.41, 5.74) is 1.43. The normalized spacial score (nSPS) is 14.9. The number of halogens is 1. The Labute approximate surface area is 214 Å². The highest BCUT2D eigenvalue weighted by atomic mass is 35.5.